The zero-order valence-corrected chi connectivity index (χ0v) is 17.7. The van der Waals surface area contributed by atoms with Gasteiger partial charge in [0.2, 0.25) is 0 Å². The standard InChI is InChI=1S/C21H22BrClN2O3/c22-15-9-10-19(18(23)12-15)28-13-20(26)24-17-8-4-5-14(11-17)21(27)25-16-6-2-1-3-7-16/h4-5,8-12,16H,1-3,6-7,13H2,(H,24,26)(H,25,27). The highest BCUT2D eigenvalue weighted by Gasteiger charge is 2.17. The van der Waals surface area contributed by atoms with Crippen molar-refractivity contribution >= 4 is 45.0 Å². The van der Waals surface area contributed by atoms with Crippen LogP contribution in [0.25, 0.3) is 0 Å². The molecule has 148 valence electrons. The maximum Gasteiger partial charge on any atom is 0.262 e. The van der Waals surface area contributed by atoms with E-state index in [9.17, 15) is 9.59 Å². The third kappa shape index (κ3) is 5.97. The highest BCUT2D eigenvalue weighted by molar-refractivity contribution is 9.10. The lowest BCUT2D eigenvalue weighted by Crippen LogP contribution is -2.36. The molecule has 0 heterocycles. The normalized spacial score (nSPS) is 14.4. The summed E-state index contributed by atoms with van der Waals surface area (Å²) in [6.45, 7) is -0.181. The highest BCUT2D eigenvalue weighted by atomic mass is 79.9. The summed E-state index contributed by atoms with van der Waals surface area (Å²) in [5.74, 6) is -0.00894. The van der Waals surface area contributed by atoms with Gasteiger partial charge in [-0.05, 0) is 49.2 Å². The Labute approximate surface area is 177 Å². The predicted octanol–water partition coefficient (Wildman–Crippen LogP) is 5.18. The smallest absolute Gasteiger partial charge is 0.262 e. The number of benzene rings is 2. The van der Waals surface area contributed by atoms with E-state index in [-0.39, 0.29) is 24.5 Å². The van der Waals surface area contributed by atoms with Crippen molar-refractivity contribution in [3.63, 3.8) is 0 Å². The average molecular weight is 466 g/mol. The van der Waals surface area contributed by atoms with E-state index in [4.69, 9.17) is 16.3 Å². The summed E-state index contributed by atoms with van der Waals surface area (Å²) < 4.78 is 6.29. The van der Waals surface area contributed by atoms with Gasteiger partial charge >= 0.3 is 0 Å². The predicted molar refractivity (Wildman–Crippen MR) is 114 cm³/mol. The molecule has 0 unspecified atom stereocenters. The number of nitrogens with one attached hydrogen (secondary N) is 2. The minimum Gasteiger partial charge on any atom is -0.482 e. The van der Waals surface area contributed by atoms with Gasteiger partial charge in [0.1, 0.15) is 5.75 Å². The maximum atomic E-state index is 12.5. The Morgan fingerprint density at radius 1 is 1.11 bits per heavy atom. The summed E-state index contributed by atoms with van der Waals surface area (Å²) >= 11 is 9.40. The minimum absolute atomic E-state index is 0.110. The van der Waals surface area contributed by atoms with E-state index < -0.39 is 0 Å². The zero-order chi connectivity index (χ0) is 19.9. The molecular formula is C21H22BrClN2O3. The van der Waals surface area contributed by atoms with Crippen LogP contribution >= 0.6 is 27.5 Å². The molecule has 2 amide bonds. The highest BCUT2D eigenvalue weighted by Crippen LogP contribution is 2.27. The van der Waals surface area contributed by atoms with Crippen LogP contribution in [0.2, 0.25) is 5.02 Å². The third-order valence-electron chi connectivity index (χ3n) is 4.60. The molecule has 0 spiro atoms. The van der Waals surface area contributed by atoms with Crippen molar-refractivity contribution in [1.82, 2.24) is 5.32 Å². The molecule has 1 fully saturated rings. The van der Waals surface area contributed by atoms with Crippen molar-refractivity contribution in [1.29, 1.82) is 0 Å². The fraction of sp³-hybridized carbons (Fsp3) is 0.333. The molecule has 3 rings (SSSR count). The summed E-state index contributed by atoms with van der Waals surface area (Å²) in [7, 11) is 0. The van der Waals surface area contributed by atoms with Crippen LogP contribution in [0, 0.1) is 0 Å². The second kappa shape index (κ2) is 9.94. The van der Waals surface area contributed by atoms with Gasteiger partial charge < -0.3 is 15.4 Å². The van der Waals surface area contributed by atoms with E-state index >= 15 is 0 Å². The topological polar surface area (TPSA) is 67.4 Å². The monoisotopic (exact) mass is 464 g/mol. The average Bonchev–Trinajstić information content (AvgIpc) is 2.68. The van der Waals surface area contributed by atoms with Crippen molar-refractivity contribution in [3.05, 3.63) is 57.5 Å². The van der Waals surface area contributed by atoms with E-state index in [0.29, 0.717) is 22.0 Å². The lowest BCUT2D eigenvalue weighted by atomic mass is 9.95. The van der Waals surface area contributed by atoms with Gasteiger partial charge in [-0.15, -0.1) is 0 Å². The van der Waals surface area contributed by atoms with Crippen LogP contribution in [0.5, 0.6) is 5.75 Å². The molecule has 0 atom stereocenters. The SMILES string of the molecule is O=C(COc1ccc(Br)cc1Cl)Nc1cccc(C(=O)NC2CCCCC2)c1. The molecule has 1 saturated carbocycles. The Balaban J connectivity index is 1.54. The van der Waals surface area contributed by atoms with Gasteiger partial charge in [-0.3, -0.25) is 9.59 Å². The quantitative estimate of drug-likeness (QED) is 0.617. The van der Waals surface area contributed by atoms with Crippen LogP contribution in [0.3, 0.4) is 0 Å². The van der Waals surface area contributed by atoms with Gasteiger partial charge in [-0.1, -0.05) is 52.9 Å². The van der Waals surface area contributed by atoms with Crippen LogP contribution in [0.4, 0.5) is 5.69 Å². The van der Waals surface area contributed by atoms with Crippen molar-refractivity contribution < 1.29 is 14.3 Å². The summed E-state index contributed by atoms with van der Waals surface area (Å²) in [4.78, 5) is 24.6. The molecule has 2 N–H and O–H groups in total. The molecule has 2 aromatic carbocycles. The first-order chi connectivity index (χ1) is 13.5. The van der Waals surface area contributed by atoms with Gasteiger partial charge in [0.15, 0.2) is 6.61 Å². The lowest BCUT2D eigenvalue weighted by Gasteiger charge is -2.22. The second-order valence-corrected chi connectivity index (χ2v) is 8.12. The summed E-state index contributed by atoms with van der Waals surface area (Å²) in [5.41, 5.74) is 1.08. The lowest BCUT2D eigenvalue weighted by molar-refractivity contribution is -0.118. The first-order valence-electron chi connectivity index (χ1n) is 9.30. The molecule has 0 saturated heterocycles. The molecule has 0 bridgehead atoms. The Morgan fingerprint density at radius 3 is 2.64 bits per heavy atom. The van der Waals surface area contributed by atoms with Crippen molar-refractivity contribution in [2.24, 2.45) is 0 Å². The molecule has 1 aliphatic rings. The number of carbonyl (C=O) groups excluding carboxylic acids is 2. The van der Waals surface area contributed by atoms with E-state index in [1.807, 2.05) is 0 Å². The van der Waals surface area contributed by atoms with Gasteiger partial charge in [0.05, 0.1) is 5.02 Å². The van der Waals surface area contributed by atoms with Crippen LogP contribution in [-0.2, 0) is 4.79 Å². The van der Waals surface area contributed by atoms with Crippen LogP contribution in [0.15, 0.2) is 46.9 Å². The molecule has 2 aromatic rings. The van der Waals surface area contributed by atoms with E-state index in [0.717, 1.165) is 30.2 Å². The first-order valence-corrected chi connectivity index (χ1v) is 10.5. The second-order valence-electron chi connectivity index (χ2n) is 6.80. The number of amides is 2. The van der Waals surface area contributed by atoms with Crippen LogP contribution in [0.1, 0.15) is 42.5 Å². The Kier molecular flexibility index (Phi) is 7.34. The molecule has 0 aliphatic heterocycles. The number of rotatable bonds is 6. The van der Waals surface area contributed by atoms with Gasteiger partial charge in [-0.25, -0.2) is 0 Å². The maximum absolute atomic E-state index is 12.5. The summed E-state index contributed by atoms with van der Waals surface area (Å²) in [6.07, 6.45) is 5.60. The number of hydrogen-bond acceptors (Lipinski definition) is 3. The molecule has 1 aliphatic carbocycles. The molecule has 28 heavy (non-hydrogen) atoms. The molecular weight excluding hydrogens is 444 g/mol. The molecule has 0 aromatic heterocycles. The van der Waals surface area contributed by atoms with Gasteiger partial charge in [0, 0.05) is 21.8 Å². The zero-order valence-electron chi connectivity index (χ0n) is 15.3. The number of anilines is 1. The fourth-order valence-corrected chi connectivity index (χ4v) is 3.91. The number of hydrogen-bond donors (Lipinski definition) is 2. The Bertz CT molecular complexity index is 853. The number of ether oxygens (including phenoxy) is 1. The van der Waals surface area contributed by atoms with Crippen molar-refractivity contribution in [3.8, 4) is 5.75 Å². The summed E-state index contributed by atoms with van der Waals surface area (Å²) in [5, 5.41) is 6.24. The van der Waals surface area contributed by atoms with E-state index in [1.54, 1.807) is 42.5 Å². The van der Waals surface area contributed by atoms with Crippen LogP contribution < -0.4 is 15.4 Å². The summed E-state index contributed by atoms with van der Waals surface area (Å²) in [6, 6.07) is 12.3. The number of halogens is 2. The van der Waals surface area contributed by atoms with E-state index in [2.05, 4.69) is 26.6 Å². The van der Waals surface area contributed by atoms with Gasteiger partial charge in [-0.2, -0.15) is 0 Å². The third-order valence-corrected chi connectivity index (χ3v) is 5.39. The Hall–Kier alpha value is -2.05. The Morgan fingerprint density at radius 2 is 1.89 bits per heavy atom. The van der Waals surface area contributed by atoms with Gasteiger partial charge in [0.25, 0.3) is 11.8 Å². The number of carbonyl (C=O) groups is 2. The fourth-order valence-electron chi connectivity index (χ4n) is 3.19. The molecule has 0 radical (unpaired) electrons. The van der Waals surface area contributed by atoms with Crippen LogP contribution in [-0.4, -0.2) is 24.5 Å². The van der Waals surface area contributed by atoms with Crippen molar-refractivity contribution in [2.75, 3.05) is 11.9 Å². The largest absolute Gasteiger partial charge is 0.482 e. The molecule has 5 nitrogen and oxygen atoms in total. The van der Waals surface area contributed by atoms with E-state index in [1.165, 1.54) is 6.42 Å². The van der Waals surface area contributed by atoms with Crippen molar-refractivity contribution in [2.45, 2.75) is 38.1 Å². The minimum atomic E-state index is -0.330. The first kappa shape index (κ1) is 20.7. The molecule has 7 heteroatoms.